The third kappa shape index (κ3) is 4.33. The Kier molecular flexibility index (Phi) is 4.90. The molecule has 0 aliphatic carbocycles. The van der Waals surface area contributed by atoms with Crippen LogP contribution in [0.4, 0.5) is 19.0 Å². The number of nitrogen functional groups attached to an aromatic ring is 1. The summed E-state index contributed by atoms with van der Waals surface area (Å²) >= 11 is 0. The van der Waals surface area contributed by atoms with Crippen LogP contribution in [0.5, 0.6) is 0 Å². The Bertz CT molecular complexity index is 518. The van der Waals surface area contributed by atoms with Gasteiger partial charge in [0, 0.05) is 38.4 Å². The maximum absolute atomic E-state index is 12.3. The summed E-state index contributed by atoms with van der Waals surface area (Å²) < 4.78 is 36.9. The van der Waals surface area contributed by atoms with E-state index in [0.717, 1.165) is 0 Å². The number of hydrogen-bond acceptors (Lipinski definition) is 4. The first-order chi connectivity index (χ1) is 10.3. The lowest BCUT2D eigenvalue weighted by molar-refractivity contribution is -0.140. The highest BCUT2D eigenvalue weighted by atomic mass is 19.4. The quantitative estimate of drug-likeness (QED) is 0.923. The number of nitrogens with two attached hydrogens (primary N) is 1. The molecule has 5 nitrogen and oxygen atoms in total. The molecule has 122 valence electrons. The smallest absolute Gasteiger partial charge is 0.384 e. The van der Waals surface area contributed by atoms with E-state index in [-0.39, 0.29) is 18.5 Å². The lowest BCUT2D eigenvalue weighted by Crippen LogP contribution is -2.54. The molecule has 22 heavy (non-hydrogen) atoms. The van der Waals surface area contributed by atoms with Gasteiger partial charge in [-0.15, -0.1) is 0 Å². The molecule has 1 atom stereocenters. The molecule has 0 aromatic carbocycles. The van der Waals surface area contributed by atoms with Gasteiger partial charge in [-0.2, -0.15) is 13.2 Å². The van der Waals surface area contributed by atoms with Crippen LogP contribution in [0.2, 0.25) is 0 Å². The number of rotatable bonds is 3. The Morgan fingerprint density at radius 2 is 2.14 bits per heavy atom. The molecule has 0 radical (unpaired) electrons. The summed E-state index contributed by atoms with van der Waals surface area (Å²) in [5, 5.41) is 0. The molecule has 1 aromatic rings. The summed E-state index contributed by atoms with van der Waals surface area (Å²) in [5.41, 5.74) is 5.91. The molecular weight excluding hydrogens is 297 g/mol. The van der Waals surface area contributed by atoms with Crippen molar-refractivity contribution < 1.29 is 18.0 Å². The molecule has 1 amide bonds. The average Bonchev–Trinajstić information content (AvgIpc) is 2.45. The fourth-order valence-corrected chi connectivity index (χ4v) is 2.50. The molecule has 0 spiro atoms. The minimum absolute atomic E-state index is 0.0316. The van der Waals surface area contributed by atoms with E-state index in [4.69, 9.17) is 5.73 Å². The van der Waals surface area contributed by atoms with Crippen molar-refractivity contribution in [2.75, 3.05) is 31.9 Å². The molecule has 1 aliphatic heterocycles. The Morgan fingerprint density at radius 3 is 2.68 bits per heavy atom. The normalized spacial score (nSPS) is 20.2. The van der Waals surface area contributed by atoms with Gasteiger partial charge in [0.25, 0.3) is 5.91 Å². The third-order valence-corrected chi connectivity index (χ3v) is 3.77. The zero-order valence-corrected chi connectivity index (χ0v) is 12.3. The fourth-order valence-electron chi connectivity index (χ4n) is 2.50. The van der Waals surface area contributed by atoms with Crippen molar-refractivity contribution in [3.63, 3.8) is 0 Å². The molecule has 0 unspecified atom stereocenters. The highest BCUT2D eigenvalue weighted by Gasteiger charge is 2.32. The number of alkyl halides is 3. The van der Waals surface area contributed by atoms with Crippen LogP contribution >= 0.6 is 0 Å². The van der Waals surface area contributed by atoms with E-state index < -0.39 is 12.6 Å². The molecule has 0 bridgehead atoms. The number of amides is 1. The topological polar surface area (TPSA) is 62.5 Å². The van der Waals surface area contributed by atoms with Gasteiger partial charge in [-0.3, -0.25) is 9.69 Å². The summed E-state index contributed by atoms with van der Waals surface area (Å²) in [6.07, 6.45) is -3.56. The van der Waals surface area contributed by atoms with Gasteiger partial charge in [0.05, 0.1) is 12.0 Å². The second kappa shape index (κ2) is 6.51. The van der Waals surface area contributed by atoms with E-state index in [1.165, 1.54) is 6.20 Å². The van der Waals surface area contributed by atoms with Crippen molar-refractivity contribution >= 4 is 11.7 Å². The number of aromatic nitrogens is 1. The molecule has 8 heteroatoms. The Balaban J connectivity index is 1.92. The van der Waals surface area contributed by atoms with Crippen LogP contribution in [0.15, 0.2) is 18.3 Å². The van der Waals surface area contributed by atoms with Crippen molar-refractivity contribution in [3.8, 4) is 0 Å². The van der Waals surface area contributed by atoms with Crippen LogP contribution in [-0.4, -0.2) is 59.1 Å². The lowest BCUT2D eigenvalue weighted by Gasteiger charge is -2.40. The largest absolute Gasteiger partial charge is 0.390 e. The maximum Gasteiger partial charge on any atom is 0.390 e. The third-order valence-electron chi connectivity index (χ3n) is 3.77. The summed E-state index contributed by atoms with van der Waals surface area (Å²) in [5.74, 6) is 0.164. The highest BCUT2D eigenvalue weighted by Crippen LogP contribution is 2.21. The van der Waals surface area contributed by atoms with Crippen molar-refractivity contribution in [1.29, 1.82) is 0 Å². The number of piperazine rings is 1. The first-order valence-electron chi connectivity index (χ1n) is 7.08. The number of anilines is 1. The Hall–Kier alpha value is -1.83. The monoisotopic (exact) mass is 316 g/mol. The van der Waals surface area contributed by atoms with Crippen LogP contribution in [0.3, 0.4) is 0 Å². The molecule has 1 aliphatic rings. The summed E-state index contributed by atoms with van der Waals surface area (Å²) in [4.78, 5) is 19.6. The van der Waals surface area contributed by atoms with Gasteiger partial charge in [-0.25, -0.2) is 4.98 Å². The van der Waals surface area contributed by atoms with Gasteiger partial charge in [-0.05, 0) is 19.1 Å². The Morgan fingerprint density at radius 1 is 1.41 bits per heavy atom. The van der Waals surface area contributed by atoms with Gasteiger partial charge in [0.1, 0.15) is 5.82 Å². The number of hydrogen-bond donors (Lipinski definition) is 1. The minimum atomic E-state index is -4.15. The molecule has 2 heterocycles. The average molecular weight is 316 g/mol. The molecular formula is C14H19F3N4O. The van der Waals surface area contributed by atoms with Crippen molar-refractivity contribution in [2.24, 2.45) is 0 Å². The van der Waals surface area contributed by atoms with Gasteiger partial charge < -0.3 is 10.6 Å². The molecule has 1 aromatic heterocycles. The molecule has 2 N–H and O–H groups in total. The van der Waals surface area contributed by atoms with Crippen molar-refractivity contribution in [2.45, 2.75) is 25.6 Å². The van der Waals surface area contributed by atoms with Crippen LogP contribution < -0.4 is 5.73 Å². The highest BCUT2D eigenvalue weighted by molar-refractivity contribution is 5.94. The number of carbonyl (C=O) groups is 1. The van der Waals surface area contributed by atoms with Crippen molar-refractivity contribution in [1.82, 2.24) is 14.8 Å². The maximum atomic E-state index is 12.3. The molecule has 2 rings (SSSR count). The minimum Gasteiger partial charge on any atom is -0.384 e. The molecule has 1 saturated heterocycles. The SMILES string of the molecule is C[C@@H]1CN(C(=O)c2ccc(N)nc2)CCN1CCC(F)(F)F. The lowest BCUT2D eigenvalue weighted by atomic mass is 10.1. The van der Waals surface area contributed by atoms with E-state index in [1.54, 1.807) is 21.9 Å². The molecule has 1 fully saturated rings. The number of nitrogens with zero attached hydrogens (tertiary/aromatic N) is 3. The van der Waals surface area contributed by atoms with Gasteiger partial charge >= 0.3 is 6.18 Å². The van der Waals surface area contributed by atoms with Gasteiger partial charge in [0.15, 0.2) is 0 Å². The second-order valence-electron chi connectivity index (χ2n) is 5.47. The van der Waals surface area contributed by atoms with Crippen LogP contribution in [-0.2, 0) is 0 Å². The van der Waals surface area contributed by atoms with Gasteiger partial charge in [-0.1, -0.05) is 0 Å². The standard InChI is InChI=1S/C14H19F3N4O/c1-10-9-21(7-6-20(10)5-4-14(15,16)17)13(22)11-2-3-12(18)19-8-11/h2-3,8,10H,4-7,9H2,1H3,(H2,18,19)/t10-/m1/s1. The summed E-state index contributed by atoms with van der Waals surface area (Å²) in [7, 11) is 0. The first kappa shape index (κ1) is 16.5. The van der Waals surface area contributed by atoms with Crippen LogP contribution in [0.1, 0.15) is 23.7 Å². The van der Waals surface area contributed by atoms with E-state index in [0.29, 0.717) is 31.0 Å². The van der Waals surface area contributed by atoms with E-state index in [2.05, 4.69) is 4.98 Å². The number of pyridine rings is 1. The number of carbonyl (C=O) groups excluding carboxylic acids is 1. The van der Waals surface area contributed by atoms with Crippen LogP contribution in [0, 0.1) is 0 Å². The van der Waals surface area contributed by atoms with Gasteiger partial charge in [0.2, 0.25) is 0 Å². The predicted molar refractivity (Wildman–Crippen MR) is 76.3 cm³/mol. The van der Waals surface area contributed by atoms with Crippen molar-refractivity contribution in [3.05, 3.63) is 23.9 Å². The summed E-state index contributed by atoms with van der Waals surface area (Å²) in [6, 6.07) is 3.04. The van der Waals surface area contributed by atoms with E-state index in [9.17, 15) is 18.0 Å². The first-order valence-corrected chi connectivity index (χ1v) is 7.08. The van der Waals surface area contributed by atoms with E-state index in [1.807, 2.05) is 6.92 Å². The summed E-state index contributed by atoms with van der Waals surface area (Å²) in [6.45, 7) is 3.05. The fraction of sp³-hybridized carbons (Fsp3) is 0.571. The predicted octanol–water partition coefficient (Wildman–Crippen LogP) is 1.76. The second-order valence-corrected chi connectivity index (χ2v) is 5.47. The molecule has 0 saturated carbocycles. The zero-order valence-electron chi connectivity index (χ0n) is 12.3. The Labute approximate surface area is 126 Å². The van der Waals surface area contributed by atoms with E-state index >= 15 is 0 Å². The number of halogens is 3. The van der Waals surface area contributed by atoms with Crippen LogP contribution in [0.25, 0.3) is 0 Å². The zero-order chi connectivity index (χ0) is 16.3.